The molecule has 4 nitrogen and oxygen atoms in total. The number of carbonyl (C=O) groups is 2. The van der Waals surface area contributed by atoms with Gasteiger partial charge in [0.2, 0.25) is 5.91 Å². The highest BCUT2D eigenvalue weighted by atomic mass is 35.5. The highest BCUT2D eigenvalue weighted by Gasteiger charge is 2.40. The maximum absolute atomic E-state index is 13.3. The molecule has 1 heterocycles. The van der Waals surface area contributed by atoms with Gasteiger partial charge >= 0.3 is 0 Å². The first-order valence-electron chi connectivity index (χ1n) is 12.1. The lowest BCUT2D eigenvalue weighted by Gasteiger charge is -2.45. The predicted octanol–water partition coefficient (Wildman–Crippen LogP) is 7.37. The third-order valence-electron chi connectivity index (χ3n) is 6.20. The molecule has 3 rings (SSSR count). The number of hydrogen-bond donors (Lipinski definition) is 0. The summed E-state index contributed by atoms with van der Waals surface area (Å²) in [6.45, 7) is 12.3. The van der Waals surface area contributed by atoms with Crippen molar-refractivity contribution in [2.75, 3.05) is 5.75 Å². The molecule has 2 aromatic carbocycles. The van der Waals surface area contributed by atoms with E-state index >= 15 is 0 Å². The van der Waals surface area contributed by atoms with Gasteiger partial charge in [0.15, 0.2) is 0 Å². The minimum absolute atomic E-state index is 0.0132. The fourth-order valence-corrected chi connectivity index (χ4v) is 5.68. The van der Waals surface area contributed by atoms with Crippen LogP contribution in [-0.2, 0) is 20.4 Å². The lowest BCUT2D eigenvalue weighted by Crippen LogP contribution is -2.53. The second kappa shape index (κ2) is 16.1. The molecule has 0 radical (unpaired) electrons. The monoisotopic (exact) mass is 539 g/mol. The second-order valence-corrected chi connectivity index (χ2v) is 12.1. The first kappa shape index (κ1) is 31.3. The Morgan fingerprint density at radius 1 is 0.943 bits per heavy atom. The van der Waals surface area contributed by atoms with Gasteiger partial charge in [-0.3, -0.25) is 9.00 Å². The van der Waals surface area contributed by atoms with Gasteiger partial charge in [-0.05, 0) is 55.0 Å². The summed E-state index contributed by atoms with van der Waals surface area (Å²) >= 11 is 11.6. The molecule has 1 aliphatic rings. The highest BCUT2D eigenvalue weighted by Crippen LogP contribution is 2.39. The largest absolute Gasteiger partial charge is 0.331 e. The van der Waals surface area contributed by atoms with Gasteiger partial charge in [-0.15, -0.1) is 0 Å². The van der Waals surface area contributed by atoms with Crippen LogP contribution in [0.25, 0.3) is 0 Å². The van der Waals surface area contributed by atoms with Crippen LogP contribution in [0, 0.1) is 11.8 Å². The van der Waals surface area contributed by atoms with E-state index in [1.807, 2.05) is 75.2 Å². The summed E-state index contributed by atoms with van der Waals surface area (Å²) in [6, 6.07) is 17.3. The topological polar surface area (TPSA) is 54.5 Å². The number of carbonyl (C=O) groups excluding carboxylic acids is 2. The van der Waals surface area contributed by atoms with Crippen molar-refractivity contribution in [1.29, 1.82) is 0 Å². The summed E-state index contributed by atoms with van der Waals surface area (Å²) in [6.07, 6.45) is 2.72. The molecule has 1 saturated heterocycles. The van der Waals surface area contributed by atoms with E-state index in [9.17, 15) is 9.00 Å². The van der Waals surface area contributed by atoms with Crippen molar-refractivity contribution < 1.29 is 13.8 Å². The van der Waals surface area contributed by atoms with Gasteiger partial charge in [0.25, 0.3) is 0 Å². The Kier molecular flexibility index (Phi) is 14.4. The zero-order valence-corrected chi connectivity index (χ0v) is 23.8. The predicted molar refractivity (Wildman–Crippen MR) is 149 cm³/mol. The molecule has 0 aromatic heterocycles. The summed E-state index contributed by atoms with van der Waals surface area (Å²) < 4.78 is 12.6. The number of hydrogen-bond acceptors (Lipinski definition) is 3. The molecule has 194 valence electrons. The Morgan fingerprint density at radius 2 is 1.49 bits per heavy atom. The minimum Gasteiger partial charge on any atom is -0.331 e. The van der Waals surface area contributed by atoms with E-state index in [0.29, 0.717) is 10.8 Å². The van der Waals surface area contributed by atoms with Crippen molar-refractivity contribution in [3.63, 3.8) is 0 Å². The molecule has 0 spiro atoms. The maximum atomic E-state index is 13.3. The van der Waals surface area contributed by atoms with Gasteiger partial charge in [-0.1, -0.05) is 88.2 Å². The van der Waals surface area contributed by atoms with Crippen LogP contribution in [0.4, 0.5) is 0 Å². The number of amides is 1. The fourth-order valence-electron chi connectivity index (χ4n) is 4.14. The van der Waals surface area contributed by atoms with Crippen molar-refractivity contribution in [3.05, 3.63) is 70.2 Å². The smallest absolute Gasteiger partial charge is 0.226 e. The molecular weight excluding hydrogens is 501 g/mol. The minimum atomic E-state index is -0.942. The first-order valence-corrected chi connectivity index (χ1v) is 14.2. The van der Waals surface area contributed by atoms with Crippen LogP contribution in [0.5, 0.6) is 0 Å². The van der Waals surface area contributed by atoms with Gasteiger partial charge in [0.1, 0.15) is 6.79 Å². The standard InChI is InChI=1S/C21H32ClNO2S.C6H5Cl.CH2O/c1-6-16-9-12-19(17-7-10-18(22)11-8-17)23(21(16)24)20(14(2)3)13-26(25)15(4)5;7-6-4-2-1-3-5-6;1-2/h7-8,10-11,14-16,19-20H,6,9,12-13H2,1-5H3;1-5H;1H2. The quantitative estimate of drug-likeness (QED) is 0.369. The normalized spacial score (nSPS) is 19.3. The number of rotatable bonds is 7. The van der Waals surface area contributed by atoms with E-state index in [4.69, 9.17) is 28.0 Å². The van der Waals surface area contributed by atoms with E-state index in [2.05, 4.69) is 25.7 Å². The Morgan fingerprint density at radius 3 is 1.91 bits per heavy atom. The van der Waals surface area contributed by atoms with Crippen LogP contribution >= 0.6 is 23.2 Å². The molecule has 0 aliphatic carbocycles. The van der Waals surface area contributed by atoms with Crippen LogP contribution in [0.3, 0.4) is 0 Å². The molecule has 7 heteroatoms. The first-order chi connectivity index (χ1) is 16.6. The van der Waals surface area contributed by atoms with Gasteiger partial charge in [0.05, 0.1) is 6.04 Å². The summed E-state index contributed by atoms with van der Waals surface area (Å²) in [4.78, 5) is 23.4. The van der Waals surface area contributed by atoms with E-state index in [-0.39, 0.29) is 35.1 Å². The lowest BCUT2D eigenvalue weighted by molar-refractivity contribution is -0.146. The van der Waals surface area contributed by atoms with Crippen LogP contribution in [0.2, 0.25) is 10.0 Å². The molecule has 1 aliphatic heterocycles. The van der Waals surface area contributed by atoms with Crippen LogP contribution in [-0.4, -0.2) is 38.8 Å². The van der Waals surface area contributed by atoms with Crippen LogP contribution in [0.1, 0.15) is 65.5 Å². The molecule has 2 aromatic rings. The summed E-state index contributed by atoms with van der Waals surface area (Å²) in [5.74, 6) is 1.10. The van der Waals surface area contributed by atoms with Crippen molar-refractivity contribution >= 4 is 46.7 Å². The van der Waals surface area contributed by atoms with Crippen LogP contribution in [0.15, 0.2) is 54.6 Å². The van der Waals surface area contributed by atoms with Crippen molar-refractivity contribution in [1.82, 2.24) is 4.90 Å². The Labute approximate surface area is 223 Å². The average Bonchev–Trinajstić information content (AvgIpc) is 2.85. The fraction of sp³-hybridized carbons (Fsp3) is 0.500. The molecule has 0 bridgehead atoms. The van der Waals surface area contributed by atoms with E-state index in [1.54, 1.807) is 0 Å². The van der Waals surface area contributed by atoms with Crippen molar-refractivity contribution in [2.24, 2.45) is 11.8 Å². The lowest BCUT2D eigenvalue weighted by atomic mass is 9.84. The molecule has 0 saturated carbocycles. The molecular formula is C28H39Cl2NO3S. The Hall–Kier alpha value is -1.69. The van der Waals surface area contributed by atoms with E-state index in [0.717, 1.165) is 29.8 Å². The summed E-state index contributed by atoms with van der Waals surface area (Å²) in [5.41, 5.74) is 1.12. The Balaban J connectivity index is 0.000000574. The maximum Gasteiger partial charge on any atom is 0.226 e. The SMILES string of the molecule is C=O.CCC1CCC(c2ccc(Cl)cc2)N(C(CS(=O)C(C)C)C(C)C)C1=O.Clc1ccccc1. The molecule has 4 atom stereocenters. The third kappa shape index (κ3) is 9.70. The highest BCUT2D eigenvalue weighted by molar-refractivity contribution is 7.85. The van der Waals surface area contributed by atoms with E-state index < -0.39 is 10.8 Å². The van der Waals surface area contributed by atoms with Crippen molar-refractivity contribution in [2.45, 2.75) is 71.2 Å². The molecule has 35 heavy (non-hydrogen) atoms. The van der Waals surface area contributed by atoms with Gasteiger partial charge in [-0.25, -0.2) is 0 Å². The van der Waals surface area contributed by atoms with Crippen LogP contribution < -0.4 is 0 Å². The number of nitrogens with zero attached hydrogens (tertiary/aromatic N) is 1. The van der Waals surface area contributed by atoms with Gasteiger partial charge < -0.3 is 9.69 Å². The number of benzene rings is 2. The Bertz CT molecular complexity index is 906. The molecule has 1 fully saturated rings. The second-order valence-electron chi connectivity index (χ2n) is 9.20. The van der Waals surface area contributed by atoms with Gasteiger partial charge in [-0.2, -0.15) is 0 Å². The number of halogens is 2. The summed E-state index contributed by atoms with van der Waals surface area (Å²) in [7, 11) is -0.942. The molecule has 1 amide bonds. The van der Waals surface area contributed by atoms with E-state index in [1.165, 1.54) is 0 Å². The zero-order valence-electron chi connectivity index (χ0n) is 21.5. The number of likely N-dealkylation sites (tertiary alicyclic amines) is 1. The van der Waals surface area contributed by atoms with Crippen molar-refractivity contribution in [3.8, 4) is 0 Å². The number of piperidine rings is 1. The average molecular weight is 541 g/mol. The summed E-state index contributed by atoms with van der Waals surface area (Å²) in [5, 5.41) is 1.60. The zero-order chi connectivity index (χ0) is 26.5. The third-order valence-corrected chi connectivity index (χ3v) is 8.42. The molecule has 0 N–H and O–H groups in total. The molecule has 4 unspecified atom stereocenters. The van der Waals surface area contributed by atoms with Gasteiger partial charge in [0, 0.05) is 43.8 Å².